The minimum Gasteiger partial charge on any atom is -0.491 e. The molecule has 106 valence electrons. The predicted molar refractivity (Wildman–Crippen MR) is 76.0 cm³/mol. The van der Waals surface area contributed by atoms with Crippen molar-refractivity contribution < 1.29 is 13.5 Å². The summed E-state index contributed by atoms with van der Waals surface area (Å²) in [6.45, 7) is 4.17. The number of hydrogen-bond acceptors (Lipinski definition) is 2. The van der Waals surface area contributed by atoms with Crippen LogP contribution in [0.25, 0.3) is 0 Å². The van der Waals surface area contributed by atoms with E-state index in [1.165, 1.54) is 18.2 Å². The van der Waals surface area contributed by atoms with Crippen LogP contribution in [0, 0.1) is 11.6 Å². The third kappa shape index (κ3) is 3.47. The van der Waals surface area contributed by atoms with E-state index in [1.54, 1.807) is 24.3 Å². The Kier molecular flexibility index (Phi) is 4.56. The van der Waals surface area contributed by atoms with Crippen LogP contribution in [0.1, 0.15) is 25.5 Å². The molecule has 0 heterocycles. The molecule has 0 radical (unpaired) electrons. The van der Waals surface area contributed by atoms with Gasteiger partial charge in [-0.1, -0.05) is 12.1 Å². The molecule has 0 aliphatic rings. The highest BCUT2D eigenvalue weighted by Crippen LogP contribution is 2.24. The molecule has 2 nitrogen and oxygen atoms in total. The second kappa shape index (κ2) is 6.37. The molecule has 2 aromatic carbocycles. The summed E-state index contributed by atoms with van der Waals surface area (Å²) in [5, 5.41) is 3.17. The van der Waals surface area contributed by atoms with E-state index in [1.807, 2.05) is 13.8 Å². The van der Waals surface area contributed by atoms with E-state index >= 15 is 0 Å². The zero-order chi connectivity index (χ0) is 14.5. The molecule has 0 spiro atoms. The van der Waals surface area contributed by atoms with Gasteiger partial charge < -0.3 is 10.1 Å². The summed E-state index contributed by atoms with van der Waals surface area (Å²) in [7, 11) is 0. The molecule has 1 atom stereocenters. The standard InChI is InChI=1S/C16H17F2NO/c1-3-20-16-9-8-14(10-15(16)18)19-11(2)12-4-6-13(17)7-5-12/h4-11,19H,3H2,1-2H3. The van der Waals surface area contributed by atoms with Gasteiger partial charge in [-0.25, -0.2) is 8.78 Å². The zero-order valence-corrected chi connectivity index (χ0v) is 11.5. The molecule has 20 heavy (non-hydrogen) atoms. The third-order valence-corrected chi connectivity index (χ3v) is 2.98. The maximum Gasteiger partial charge on any atom is 0.167 e. The fourth-order valence-corrected chi connectivity index (χ4v) is 1.95. The highest BCUT2D eigenvalue weighted by atomic mass is 19.1. The van der Waals surface area contributed by atoms with Crippen molar-refractivity contribution in [3.8, 4) is 5.75 Å². The van der Waals surface area contributed by atoms with E-state index in [0.717, 1.165) is 5.56 Å². The molecule has 1 N–H and O–H groups in total. The van der Waals surface area contributed by atoms with Gasteiger partial charge in [0.25, 0.3) is 0 Å². The van der Waals surface area contributed by atoms with Crippen LogP contribution < -0.4 is 10.1 Å². The molecule has 0 aliphatic heterocycles. The van der Waals surface area contributed by atoms with Crippen molar-refractivity contribution in [1.29, 1.82) is 0 Å². The monoisotopic (exact) mass is 277 g/mol. The van der Waals surface area contributed by atoms with Gasteiger partial charge in [-0.15, -0.1) is 0 Å². The molecular formula is C16H17F2NO. The van der Waals surface area contributed by atoms with Gasteiger partial charge in [0.15, 0.2) is 11.6 Å². The van der Waals surface area contributed by atoms with Gasteiger partial charge in [-0.3, -0.25) is 0 Å². The van der Waals surface area contributed by atoms with Crippen LogP contribution >= 0.6 is 0 Å². The fourth-order valence-electron chi connectivity index (χ4n) is 1.95. The smallest absolute Gasteiger partial charge is 0.167 e. The maximum atomic E-state index is 13.7. The lowest BCUT2D eigenvalue weighted by Gasteiger charge is -2.16. The first kappa shape index (κ1) is 14.3. The lowest BCUT2D eigenvalue weighted by molar-refractivity contribution is 0.321. The van der Waals surface area contributed by atoms with Crippen LogP contribution in [-0.2, 0) is 0 Å². The molecule has 0 saturated heterocycles. The molecule has 0 saturated carbocycles. The quantitative estimate of drug-likeness (QED) is 0.866. The lowest BCUT2D eigenvalue weighted by atomic mass is 10.1. The van der Waals surface area contributed by atoms with E-state index < -0.39 is 5.82 Å². The van der Waals surface area contributed by atoms with E-state index in [-0.39, 0.29) is 17.6 Å². The Hall–Kier alpha value is -2.10. The molecule has 0 fully saturated rings. The molecule has 0 amide bonds. The summed E-state index contributed by atoms with van der Waals surface area (Å²) < 4.78 is 31.7. The van der Waals surface area contributed by atoms with E-state index in [0.29, 0.717) is 12.3 Å². The van der Waals surface area contributed by atoms with Crippen molar-refractivity contribution in [2.75, 3.05) is 11.9 Å². The molecule has 1 unspecified atom stereocenters. The highest BCUT2D eigenvalue weighted by Gasteiger charge is 2.08. The van der Waals surface area contributed by atoms with E-state index in [2.05, 4.69) is 5.32 Å². The number of halogens is 2. The Morgan fingerprint density at radius 1 is 1.10 bits per heavy atom. The van der Waals surface area contributed by atoms with Gasteiger partial charge in [-0.05, 0) is 43.7 Å². The summed E-state index contributed by atoms with van der Waals surface area (Å²) >= 11 is 0. The number of benzene rings is 2. The van der Waals surface area contributed by atoms with Crippen LogP contribution in [0.4, 0.5) is 14.5 Å². The Bertz CT molecular complexity index is 569. The second-order valence-corrected chi connectivity index (χ2v) is 4.50. The number of anilines is 1. The van der Waals surface area contributed by atoms with Gasteiger partial charge in [0.05, 0.1) is 6.61 Å². The fraction of sp³-hybridized carbons (Fsp3) is 0.250. The largest absolute Gasteiger partial charge is 0.491 e. The van der Waals surface area contributed by atoms with Gasteiger partial charge in [-0.2, -0.15) is 0 Å². The minimum absolute atomic E-state index is 0.0482. The number of rotatable bonds is 5. The summed E-state index contributed by atoms with van der Waals surface area (Å²) in [6, 6.07) is 10.9. The van der Waals surface area contributed by atoms with Crippen molar-refractivity contribution in [2.45, 2.75) is 19.9 Å². The van der Waals surface area contributed by atoms with Crippen molar-refractivity contribution in [3.63, 3.8) is 0 Å². The summed E-state index contributed by atoms with van der Waals surface area (Å²) in [4.78, 5) is 0. The Morgan fingerprint density at radius 2 is 1.80 bits per heavy atom. The first-order chi connectivity index (χ1) is 9.60. The average molecular weight is 277 g/mol. The molecule has 0 aromatic heterocycles. The van der Waals surface area contributed by atoms with Crippen LogP contribution in [0.2, 0.25) is 0 Å². The van der Waals surface area contributed by atoms with Gasteiger partial charge in [0.1, 0.15) is 5.82 Å². The van der Waals surface area contributed by atoms with Gasteiger partial charge >= 0.3 is 0 Å². The summed E-state index contributed by atoms with van der Waals surface area (Å²) in [5.41, 5.74) is 1.59. The molecular weight excluding hydrogens is 260 g/mol. The highest BCUT2D eigenvalue weighted by molar-refractivity contribution is 5.49. The Balaban J connectivity index is 2.09. The minimum atomic E-state index is -0.400. The normalized spacial score (nSPS) is 12.0. The molecule has 0 aliphatic carbocycles. The Morgan fingerprint density at radius 3 is 2.40 bits per heavy atom. The predicted octanol–water partition coefficient (Wildman–Crippen LogP) is 4.54. The van der Waals surface area contributed by atoms with Crippen molar-refractivity contribution in [3.05, 3.63) is 59.7 Å². The van der Waals surface area contributed by atoms with Crippen LogP contribution in [0.15, 0.2) is 42.5 Å². The maximum absolute atomic E-state index is 13.7. The van der Waals surface area contributed by atoms with Gasteiger partial charge in [0, 0.05) is 17.8 Å². The van der Waals surface area contributed by atoms with Crippen LogP contribution in [-0.4, -0.2) is 6.61 Å². The van der Waals surface area contributed by atoms with Crippen molar-refractivity contribution in [2.24, 2.45) is 0 Å². The number of hydrogen-bond donors (Lipinski definition) is 1. The average Bonchev–Trinajstić information content (AvgIpc) is 2.42. The molecule has 2 aromatic rings. The van der Waals surface area contributed by atoms with E-state index in [4.69, 9.17) is 4.74 Å². The summed E-state index contributed by atoms with van der Waals surface area (Å²) in [6.07, 6.45) is 0. The first-order valence-corrected chi connectivity index (χ1v) is 6.54. The SMILES string of the molecule is CCOc1ccc(NC(C)c2ccc(F)cc2)cc1F. The van der Waals surface area contributed by atoms with Gasteiger partial charge in [0.2, 0.25) is 0 Å². The third-order valence-electron chi connectivity index (χ3n) is 2.98. The topological polar surface area (TPSA) is 21.3 Å². The summed E-state index contributed by atoms with van der Waals surface area (Å²) in [5.74, 6) is -0.427. The number of ether oxygens (including phenoxy) is 1. The molecule has 2 rings (SSSR count). The molecule has 0 bridgehead atoms. The van der Waals surface area contributed by atoms with E-state index in [9.17, 15) is 8.78 Å². The zero-order valence-electron chi connectivity index (χ0n) is 11.5. The number of nitrogens with one attached hydrogen (secondary N) is 1. The van der Waals surface area contributed by atoms with Crippen LogP contribution in [0.5, 0.6) is 5.75 Å². The lowest BCUT2D eigenvalue weighted by Crippen LogP contribution is -2.07. The second-order valence-electron chi connectivity index (χ2n) is 4.50. The van der Waals surface area contributed by atoms with Crippen molar-refractivity contribution >= 4 is 5.69 Å². The first-order valence-electron chi connectivity index (χ1n) is 6.54. The van der Waals surface area contributed by atoms with Crippen molar-refractivity contribution in [1.82, 2.24) is 0 Å². The molecule has 4 heteroatoms. The van der Waals surface area contributed by atoms with Crippen LogP contribution in [0.3, 0.4) is 0 Å². The Labute approximate surface area is 117 Å².